The van der Waals surface area contributed by atoms with Gasteiger partial charge in [-0.25, -0.2) is 4.79 Å². The first kappa shape index (κ1) is 13.4. The first-order valence-corrected chi connectivity index (χ1v) is 5.77. The van der Waals surface area contributed by atoms with Gasteiger partial charge in [0.25, 0.3) is 0 Å². The van der Waals surface area contributed by atoms with Gasteiger partial charge in [0.15, 0.2) is 0 Å². The van der Waals surface area contributed by atoms with Gasteiger partial charge in [-0.3, -0.25) is 19.8 Å². The molecular weight excluding hydrogens is 220 g/mol. The number of amides is 4. The Balaban J connectivity index is 2.82. The van der Waals surface area contributed by atoms with Crippen LogP contribution in [0.3, 0.4) is 0 Å². The Morgan fingerprint density at radius 3 is 2.53 bits per heavy atom. The molecule has 1 heterocycles. The zero-order chi connectivity index (χ0) is 13.0. The highest BCUT2D eigenvalue weighted by molar-refractivity contribution is 6.16. The number of hydrogen-bond donors (Lipinski definition) is 1. The Hall–Kier alpha value is -1.65. The molecule has 1 fully saturated rings. The summed E-state index contributed by atoms with van der Waals surface area (Å²) in [4.78, 5) is 36.1. The number of barbiturate groups is 1. The third-order valence-electron chi connectivity index (χ3n) is 2.62. The van der Waals surface area contributed by atoms with Crippen LogP contribution in [0.25, 0.3) is 0 Å². The van der Waals surface area contributed by atoms with Crippen molar-refractivity contribution in [1.82, 2.24) is 10.2 Å². The first-order valence-electron chi connectivity index (χ1n) is 5.77. The number of hydrogen-bond acceptors (Lipinski definition) is 3. The summed E-state index contributed by atoms with van der Waals surface area (Å²) in [5.41, 5.74) is 1.02. The molecule has 17 heavy (non-hydrogen) atoms. The van der Waals surface area contributed by atoms with E-state index in [1.54, 1.807) is 6.08 Å². The van der Waals surface area contributed by atoms with Crippen LogP contribution in [0.5, 0.6) is 0 Å². The molecule has 1 atom stereocenters. The topological polar surface area (TPSA) is 66.5 Å². The second-order valence-electron chi connectivity index (χ2n) is 4.37. The van der Waals surface area contributed by atoms with Gasteiger partial charge >= 0.3 is 6.03 Å². The van der Waals surface area contributed by atoms with Crippen molar-refractivity contribution in [3.63, 3.8) is 0 Å². The average molecular weight is 238 g/mol. The first-order chi connectivity index (χ1) is 7.97. The van der Waals surface area contributed by atoms with Gasteiger partial charge in [0.2, 0.25) is 11.8 Å². The Bertz CT molecular complexity index is 370. The van der Waals surface area contributed by atoms with Crippen LogP contribution in [-0.2, 0) is 9.59 Å². The maximum Gasteiger partial charge on any atom is 0.331 e. The van der Waals surface area contributed by atoms with Crippen molar-refractivity contribution in [3.05, 3.63) is 11.6 Å². The summed E-state index contributed by atoms with van der Waals surface area (Å²) < 4.78 is 0. The molecule has 4 amide bonds. The molecule has 5 heteroatoms. The van der Waals surface area contributed by atoms with E-state index in [-0.39, 0.29) is 6.54 Å². The third kappa shape index (κ3) is 3.15. The Morgan fingerprint density at radius 1 is 1.35 bits per heavy atom. The van der Waals surface area contributed by atoms with Gasteiger partial charge in [-0.1, -0.05) is 25.0 Å². The molecule has 94 valence electrons. The number of carbonyl (C=O) groups is 3. The lowest BCUT2D eigenvalue weighted by atomic mass is 9.99. The minimum absolute atomic E-state index is 0.223. The number of carbonyl (C=O) groups excluding carboxylic acids is 3. The molecular formula is C12H18N2O3. The molecule has 5 nitrogen and oxygen atoms in total. The molecule has 1 aliphatic heterocycles. The van der Waals surface area contributed by atoms with E-state index in [1.807, 2.05) is 20.8 Å². The minimum atomic E-state index is -0.719. The maximum absolute atomic E-state index is 12.0. The fraction of sp³-hybridized carbons (Fsp3) is 0.583. The minimum Gasteiger partial charge on any atom is -0.277 e. The van der Waals surface area contributed by atoms with Crippen LogP contribution in [-0.4, -0.2) is 29.3 Å². The standard InChI is InChI=1S/C12H18N2O3/c1-4-5-9-10(15)13-12(17)14(11(9)16)7-6-8(2)3/h6,9H,4-5,7H2,1-3H3,(H,13,15,17). The van der Waals surface area contributed by atoms with Crippen molar-refractivity contribution in [2.24, 2.45) is 5.92 Å². The number of rotatable bonds is 4. The van der Waals surface area contributed by atoms with Crippen molar-refractivity contribution < 1.29 is 14.4 Å². The van der Waals surface area contributed by atoms with Gasteiger partial charge in [0.1, 0.15) is 5.92 Å². The maximum atomic E-state index is 12.0. The summed E-state index contributed by atoms with van der Waals surface area (Å²) in [6.45, 7) is 5.90. The molecule has 1 aliphatic rings. The summed E-state index contributed by atoms with van der Waals surface area (Å²) in [6.07, 6.45) is 2.99. The zero-order valence-electron chi connectivity index (χ0n) is 10.4. The second kappa shape index (κ2) is 5.61. The van der Waals surface area contributed by atoms with Crippen LogP contribution >= 0.6 is 0 Å². The van der Waals surface area contributed by atoms with Crippen LogP contribution in [0.15, 0.2) is 11.6 Å². The highest BCUT2D eigenvalue weighted by Gasteiger charge is 2.38. The van der Waals surface area contributed by atoms with Gasteiger partial charge in [-0.05, 0) is 20.3 Å². The number of urea groups is 1. The van der Waals surface area contributed by atoms with Gasteiger partial charge in [0, 0.05) is 6.54 Å². The van der Waals surface area contributed by atoms with Gasteiger partial charge in [0.05, 0.1) is 0 Å². The highest BCUT2D eigenvalue weighted by atomic mass is 16.2. The van der Waals surface area contributed by atoms with Crippen LogP contribution in [0.4, 0.5) is 4.79 Å². The molecule has 0 spiro atoms. The van der Waals surface area contributed by atoms with Crippen molar-refractivity contribution >= 4 is 17.8 Å². The number of imide groups is 2. The normalized spacial score (nSPS) is 20.3. The molecule has 1 N–H and O–H groups in total. The fourth-order valence-corrected chi connectivity index (χ4v) is 1.65. The molecule has 1 unspecified atom stereocenters. The molecule has 1 rings (SSSR count). The number of allylic oxidation sites excluding steroid dienone is 1. The van der Waals surface area contributed by atoms with E-state index in [4.69, 9.17) is 0 Å². The quantitative estimate of drug-likeness (QED) is 0.595. The second-order valence-corrected chi connectivity index (χ2v) is 4.37. The lowest BCUT2D eigenvalue weighted by Crippen LogP contribution is -2.57. The third-order valence-corrected chi connectivity index (χ3v) is 2.62. The van der Waals surface area contributed by atoms with Crippen molar-refractivity contribution in [1.29, 1.82) is 0 Å². The fourth-order valence-electron chi connectivity index (χ4n) is 1.65. The summed E-state index contributed by atoms with van der Waals surface area (Å²) in [5, 5.41) is 2.22. The Morgan fingerprint density at radius 2 is 2.00 bits per heavy atom. The van der Waals surface area contributed by atoms with Crippen molar-refractivity contribution in [2.75, 3.05) is 6.54 Å². The summed E-state index contributed by atoms with van der Waals surface area (Å²) in [7, 11) is 0. The SMILES string of the molecule is CCCC1C(=O)NC(=O)N(CC=C(C)C)C1=O. The smallest absolute Gasteiger partial charge is 0.277 e. The van der Waals surface area contributed by atoms with E-state index in [2.05, 4.69) is 5.32 Å². The summed E-state index contributed by atoms with van der Waals surface area (Å²) in [6, 6.07) is -0.621. The molecule has 0 aromatic carbocycles. The van der Waals surface area contributed by atoms with Crippen LogP contribution in [0.2, 0.25) is 0 Å². The van der Waals surface area contributed by atoms with E-state index in [1.165, 1.54) is 0 Å². The molecule has 0 aliphatic carbocycles. The molecule has 1 saturated heterocycles. The Labute approximate surface area is 101 Å². The molecule has 0 bridgehead atoms. The molecule has 0 radical (unpaired) electrons. The predicted molar refractivity (Wildman–Crippen MR) is 63.1 cm³/mol. The lowest BCUT2D eigenvalue weighted by molar-refractivity contribution is -0.142. The van der Waals surface area contributed by atoms with Crippen LogP contribution < -0.4 is 5.32 Å². The van der Waals surface area contributed by atoms with Gasteiger partial charge < -0.3 is 0 Å². The Kier molecular flexibility index (Phi) is 4.43. The van der Waals surface area contributed by atoms with Crippen LogP contribution in [0, 0.1) is 5.92 Å². The zero-order valence-corrected chi connectivity index (χ0v) is 10.4. The lowest BCUT2D eigenvalue weighted by Gasteiger charge is -2.29. The summed E-state index contributed by atoms with van der Waals surface area (Å²) in [5.74, 6) is -1.59. The van der Waals surface area contributed by atoms with E-state index < -0.39 is 23.8 Å². The van der Waals surface area contributed by atoms with E-state index in [0.29, 0.717) is 6.42 Å². The van der Waals surface area contributed by atoms with Crippen LogP contribution in [0.1, 0.15) is 33.6 Å². The van der Waals surface area contributed by atoms with E-state index in [9.17, 15) is 14.4 Å². The van der Waals surface area contributed by atoms with Gasteiger partial charge in [-0.2, -0.15) is 0 Å². The molecule has 0 aromatic heterocycles. The highest BCUT2D eigenvalue weighted by Crippen LogP contribution is 2.15. The van der Waals surface area contributed by atoms with E-state index in [0.717, 1.165) is 16.9 Å². The molecule has 0 saturated carbocycles. The number of nitrogens with zero attached hydrogens (tertiary/aromatic N) is 1. The molecule has 0 aromatic rings. The van der Waals surface area contributed by atoms with E-state index >= 15 is 0 Å². The average Bonchev–Trinajstić information content (AvgIpc) is 2.23. The van der Waals surface area contributed by atoms with Crippen molar-refractivity contribution in [3.8, 4) is 0 Å². The van der Waals surface area contributed by atoms with Crippen molar-refractivity contribution in [2.45, 2.75) is 33.6 Å². The van der Waals surface area contributed by atoms with Gasteiger partial charge in [-0.15, -0.1) is 0 Å². The monoisotopic (exact) mass is 238 g/mol. The summed E-state index contributed by atoms with van der Waals surface area (Å²) >= 11 is 0. The number of nitrogens with one attached hydrogen (secondary N) is 1. The largest absolute Gasteiger partial charge is 0.331 e. The predicted octanol–water partition coefficient (Wildman–Crippen LogP) is 1.45.